The molecule has 6 heteroatoms. The Hall–Kier alpha value is -2.08. The molecule has 0 bridgehead atoms. The van der Waals surface area contributed by atoms with Crippen LogP contribution in [-0.4, -0.2) is 38.8 Å². The number of halogens is 1. The molecule has 1 saturated heterocycles. The van der Waals surface area contributed by atoms with Crippen LogP contribution < -0.4 is 15.5 Å². The van der Waals surface area contributed by atoms with Crippen molar-refractivity contribution in [2.45, 2.75) is 13.0 Å². The number of hydrogen-bond acceptors (Lipinski definition) is 4. The predicted octanol–water partition coefficient (Wildman–Crippen LogP) is 3.30. The highest BCUT2D eigenvalue weighted by Gasteiger charge is 2.15. The van der Waals surface area contributed by atoms with Gasteiger partial charge >= 0.3 is 0 Å². The van der Waals surface area contributed by atoms with Crippen LogP contribution >= 0.6 is 11.6 Å². The second-order valence-corrected chi connectivity index (χ2v) is 6.59. The minimum Gasteiger partial charge on any atom is -0.378 e. The van der Waals surface area contributed by atoms with Gasteiger partial charge in [-0.1, -0.05) is 41.9 Å². The number of ether oxygens (including phenoxy) is 1. The Bertz CT molecular complexity index is 733. The van der Waals surface area contributed by atoms with E-state index in [1.165, 1.54) is 0 Å². The van der Waals surface area contributed by atoms with Gasteiger partial charge in [0.25, 0.3) is 0 Å². The van der Waals surface area contributed by atoms with Crippen LogP contribution in [0.2, 0.25) is 5.02 Å². The standard InChI is InChI=1S/C20H24ClN3O2/c21-17-6-2-1-5-16(17)15-22-10-9-20(25)23-18-7-3-4-8-19(18)24-11-13-26-14-12-24/h1-8,22H,9-15H2,(H,23,25). The minimum atomic E-state index is -0.00244. The van der Waals surface area contributed by atoms with Crippen LogP contribution in [0, 0.1) is 0 Å². The number of amides is 1. The van der Waals surface area contributed by atoms with Crippen LogP contribution in [0.3, 0.4) is 0 Å². The summed E-state index contributed by atoms with van der Waals surface area (Å²) < 4.78 is 5.41. The van der Waals surface area contributed by atoms with Crippen molar-refractivity contribution in [3.8, 4) is 0 Å². The lowest BCUT2D eigenvalue weighted by molar-refractivity contribution is -0.116. The summed E-state index contributed by atoms with van der Waals surface area (Å²) in [6, 6.07) is 15.6. The molecule has 1 fully saturated rings. The van der Waals surface area contributed by atoms with Crippen LogP contribution in [0.5, 0.6) is 0 Å². The minimum absolute atomic E-state index is 0.00244. The molecule has 2 aromatic carbocycles. The Kier molecular flexibility index (Phi) is 6.89. The van der Waals surface area contributed by atoms with Crippen molar-refractivity contribution in [1.29, 1.82) is 0 Å². The maximum atomic E-state index is 12.3. The van der Waals surface area contributed by atoms with Crippen LogP contribution in [0.25, 0.3) is 0 Å². The first-order valence-electron chi connectivity index (χ1n) is 8.90. The fourth-order valence-electron chi connectivity index (χ4n) is 2.94. The highest BCUT2D eigenvalue weighted by Crippen LogP contribution is 2.26. The second-order valence-electron chi connectivity index (χ2n) is 6.18. The number of hydrogen-bond donors (Lipinski definition) is 2. The van der Waals surface area contributed by atoms with E-state index in [0.29, 0.717) is 32.7 Å². The topological polar surface area (TPSA) is 53.6 Å². The molecule has 2 aromatic rings. The number of carbonyl (C=O) groups excluding carboxylic acids is 1. The third-order valence-electron chi connectivity index (χ3n) is 4.33. The maximum Gasteiger partial charge on any atom is 0.225 e. The van der Waals surface area contributed by atoms with E-state index in [2.05, 4.69) is 15.5 Å². The molecule has 0 saturated carbocycles. The van der Waals surface area contributed by atoms with Crippen LogP contribution in [-0.2, 0) is 16.1 Å². The van der Waals surface area contributed by atoms with Crippen molar-refractivity contribution < 1.29 is 9.53 Å². The molecule has 3 rings (SSSR count). The lowest BCUT2D eigenvalue weighted by atomic mass is 10.2. The Morgan fingerprint density at radius 2 is 1.81 bits per heavy atom. The van der Waals surface area contributed by atoms with E-state index in [0.717, 1.165) is 35.1 Å². The normalized spacial score (nSPS) is 14.3. The average molecular weight is 374 g/mol. The molecule has 0 spiro atoms. The van der Waals surface area contributed by atoms with Gasteiger partial charge in [0.2, 0.25) is 5.91 Å². The summed E-state index contributed by atoms with van der Waals surface area (Å²) in [5.74, 6) is -0.00244. The summed E-state index contributed by atoms with van der Waals surface area (Å²) in [7, 11) is 0. The van der Waals surface area contributed by atoms with Gasteiger partial charge in [0.1, 0.15) is 0 Å². The highest BCUT2D eigenvalue weighted by molar-refractivity contribution is 6.31. The summed E-state index contributed by atoms with van der Waals surface area (Å²) in [5, 5.41) is 7.04. The van der Waals surface area contributed by atoms with Gasteiger partial charge in [-0.2, -0.15) is 0 Å². The highest BCUT2D eigenvalue weighted by atomic mass is 35.5. The molecule has 1 amide bonds. The van der Waals surface area contributed by atoms with E-state index in [1.54, 1.807) is 0 Å². The monoisotopic (exact) mass is 373 g/mol. The van der Waals surface area contributed by atoms with E-state index in [-0.39, 0.29) is 5.91 Å². The van der Waals surface area contributed by atoms with Gasteiger partial charge in [0.15, 0.2) is 0 Å². The number of para-hydroxylation sites is 2. The first-order valence-corrected chi connectivity index (χ1v) is 9.27. The summed E-state index contributed by atoms with van der Waals surface area (Å²) in [5.41, 5.74) is 2.94. The van der Waals surface area contributed by atoms with E-state index in [4.69, 9.17) is 16.3 Å². The number of anilines is 2. The largest absolute Gasteiger partial charge is 0.378 e. The van der Waals surface area contributed by atoms with Crippen LogP contribution in [0.15, 0.2) is 48.5 Å². The second kappa shape index (κ2) is 9.57. The molecule has 1 heterocycles. The Morgan fingerprint density at radius 1 is 1.08 bits per heavy atom. The quantitative estimate of drug-likeness (QED) is 0.731. The number of nitrogens with one attached hydrogen (secondary N) is 2. The van der Waals surface area contributed by atoms with Gasteiger partial charge in [0, 0.05) is 37.6 Å². The van der Waals surface area contributed by atoms with Gasteiger partial charge in [-0.05, 0) is 23.8 Å². The van der Waals surface area contributed by atoms with Crippen LogP contribution in [0.4, 0.5) is 11.4 Å². The lowest BCUT2D eigenvalue weighted by Crippen LogP contribution is -2.36. The molecular formula is C20H24ClN3O2. The van der Waals surface area contributed by atoms with Crippen molar-refractivity contribution in [3.63, 3.8) is 0 Å². The number of rotatable bonds is 7. The molecule has 5 nitrogen and oxygen atoms in total. The van der Waals surface area contributed by atoms with Gasteiger partial charge in [-0.3, -0.25) is 4.79 Å². The van der Waals surface area contributed by atoms with Crippen molar-refractivity contribution in [2.75, 3.05) is 43.1 Å². The molecular weight excluding hydrogens is 350 g/mol. The average Bonchev–Trinajstić information content (AvgIpc) is 2.68. The van der Waals surface area contributed by atoms with Crippen molar-refractivity contribution in [1.82, 2.24) is 5.32 Å². The zero-order valence-corrected chi connectivity index (χ0v) is 15.5. The summed E-state index contributed by atoms with van der Waals surface area (Å²) >= 11 is 6.13. The number of nitrogens with zero attached hydrogens (tertiary/aromatic N) is 1. The van der Waals surface area contributed by atoms with E-state index in [9.17, 15) is 4.79 Å². The van der Waals surface area contributed by atoms with E-state index >= 15 is 0 Å². The molecule has 0 aromatic heterocycles. The predicted molar refractivity (Wildman–Crippen MR) is 106 cm³/mol. The number of benzene rings is 2. The SMILES string of the molecule is O=C(CCNCc1ccccc1Cl)Nc1ccccc1N1CCOCC1. The lowest BCUT2D eigenvalue weighted by Gasteiger charge is -2.30. The number of morpholine rings is 1. The molecule has 0 atom stereocenters. The fourth-order valence-corrected chi connectivity index (χ4v) is 3.14. The van der Waals surface area contributed by atoms with E-state index < -0.39 is 0 Å². The molecule has 0 unspecified atom stereocenters. The molecule has 1 aliphatic rings. The third-order valence-corrected chi connectivity index (χ3v) is 4.70. The Balaban J connectivity index is 1.48. The molecule has 0 aliphatic carbocycles. The Morgan fingerprint density at radius 3 is 2.62 bits per heavy atom. The zero-order valence-electron chi connectivity index (χ0n) is 14.7. The summed E-state index contributed by atoms with van der Waals surface area (Å²) in [4.78, 5) is 14.6. The van der Waals surface area contributed by atoms with Gasteiger partial charge in [-0.25, -0.2) is 0 Å². The number of carbonyl (C=O) groups is 1. The van der Waals surface area contributed by atoms with Gasteiger partial charge < -0.3 is 20.3 Å². The summed E-state index contributed by atoms with van der Waals surface area (Å²) in [6.07, 6.45) is 0.405. The smallest absolute Gasteiger partial charge is 0.225 e. The van der Waals surface area contributed by atoms with Crippen molar-refractivity contribution in [2.24, 2.45) is 0 Å². The maximum absolute atomic E-state index is 12.3. The van der Waals surface area contributed by atoms with Gasteiger partial charge in [-0.15, -0.1) is 0 Å². The molecule has 2 N–H and O–H groups in total. The van der Waals surface area contributed by atoms with Crippen LogP contribution in [0.1, 0.15) is 12.0 Å². The fraction of sp³-hybridized carbons (Fsp3) is 0.350. The first kappa shape index (κ1) is 18.7. The molecule has 0 radical (unpaired) electrons. The molecule has 26 heavy (non-hydrogen) atoms. The summed E-state index contributed by atoms with van der Waals surface area (Å²) in [6.45, 7) is 4.36. The molecule has 138 valence electrons. The van der Waals surface area contributed by atoms with Crippen molar-refractivity contribution >= 4 is 28.9 Å². The van der Waals surface area contributed by atoms with E-state index in [1.807, 2.05) is 48.5 Å². The Labute approximate surface area is 159 Å². The third kappa shape index (κ3) is 5.21. The van der Waals surface area contributed by atoms with Gasteiger partial charge in [0.05, 0.1) is 24.6 Å². The molecule has 1 aliphatic heterocycles. The van der Waals surface area contributed by atoms with Crippen molar-refractivity contribution in [3.05, 3.63) is 59.1 Å². The zero-order chi connectivity index (χ0) is 18.2. The first-order chi connectivity index (χ1) is 12.7.